The van der Waals surface area contributed by atoms with E-state index in [-0.39, 0.29) is 0 Å². The summed E-state index contributed by atoms with van der Waals surface area (Å²) in [6, 6.07) is 13.8. The molecule has 2 aromatic rings. The SMILES string of the molecule is CC(C)(O)C(C)(C)O.OB(O)c1ccc(Cc2ccccc2)s1. The zero-order chi connectivity index (χ0) is 17.7. The average Bonchev–Trinajstić information content (AvgIpc) is 2.87. The van der Waals surface area contributed by atoms with E-state index < -0.39 is 18.3 Å². The van der Waals surface area contributed by atoms with Crippen molar-refractivity contribution >= 4 is 23.2 Å². The minimum Gasteiger partial charge on any atom is -0.423 e. The van der Waals surface area contributed by atoms with Crippen molar-refractivity contribution in [3.63, 3.8) is 0 Å². The Balaban J connectivity index is 0.000000284. The molecule has 0 spiro atoms. The van der Waals surface area contributed by atoms with E-state index in [4.69, 9.17) is 20.3 Å². The Hall–Kier alpha value is -1.18. The number of hydrogen-bond acceptors (Lipinski definition) is 5. The molecule has 0 aliphatic rings. The van der Waals surface area contributed by atoms with Gasteiger partial charge in [-0.25, -0.2) is 0 Å². The summed E-state index contributed by atoms with van der Waals surface area (Å²) in [5.74, 6) is 0. The maximum atomic E-state index is 9.10. The summed E-state index contributed by atoms with van der Waals surface area (Å²) in [4.78, 5) is 1.14. The van der Waals surface area contributed by atoms with Crippen LogP contribution < -0.4 is 4.78 Å². The van der Waals surface area contributed by atoms with Crippen molar-refractivity contribution in [2.24, 2.45) is 0 Å². The van der Waals surface area contributed by atoms with E-state index >= 15 is 0 Å². The predicted octanol–water partition coefficient (Wildman–Crippen LogP) is 1.55. The van der Waals surface area contributed by atoms with Crippen molar-refractivity contribution in [1.29, 1.82) is 0 Å². The third-order valence-corrected chi connectivity index (χ3v) is 4.78. The van der Waals surface area contributed by atoms with Crippen LogP contribution in [0.1, 0.15) is 38.1 Å². The molecule has 0 saturated heterocycles. The van der Waals surface area contributed by atoms with Crippen LogP contribution in [-0.2, 0) is 6.42 Å². The molecule has 0 atom stereocenters. The van der Waals surface area contributed by atoms with Crippen LogP contribution in [0.3, 0.4) is 0 Å². The van der Waals surface area contributed by atoms with Crippen LogP contribution in [-0.4, -0.2) is 38.6 Å². The van der Waals surface area contributed by atoms with Gasteiger partial charge in [0.1, 0.15) is 0 Å². The van der Waals surface area contributed by atoms with E-state index in [9.17, 15) is 0 Å². The Bertz CT molecular complexity index is 571. The standard InChI is InChI=1S/C11H11BO2S.C6H14O2/c13-12(14)11-7-6-10(15-11)8-9-4-2-1-3-5-9;1-5(2,7)6(3,4)8/h1-7,13-14H,8H2;7-8H,1-4H3. The van der Waals surface area contributed by atoms with Crippen LogP contribution in [0.2, 0.25) is 0 Å². The van der Waals surface area contributed by atoms with Gasteiger partial charge in [-0.2, -0.15) is 0 Å². The lowest BCUT2D eigenvalue weighted by atomic mass is 9.90. The molecule has 0 unspecified atom stereocenters. The molecule has 2 rings (SSSR count). The Kier molecular flexibility index (Phi) is 6.98. The van der Waals surface area contributed by atoms with Crippen LogP contribution in [0, 0.1) is 0 Å². The highest BCUT2D eigenvalue weighted by atomic mass is 32.1. The van der Waals surface area contributed by atoms with Gasteiger partial charge in [-0.3, -0.25) is 0 Å². The van der Waals surface area contributed by atoms with Crippen molar-refractivity contribution in [3.05, 3.63) is 52.9 Å². The van der Waals surface area contributed by atoms with Gasteiger partial charge in [-0.15, -0.1) is 11.3 Å². The number of benzene rings is 1. The molecule has 1 aromatic carbocycles. The molecular weight excluding hydrogens is 311 g/mol. The summed E-state index contributed by atoms with van der Waals surface area (Å²) < 4.78 is 0.598. The van der Waals surface area contributed by atoms with Gasteiger partial charge in [-0.05, 0) is 39.3 Å². The topological polar surface area (TPSA) is 80.9 Å². The normalized spacial score (nSPS) is 11.7. The van der Waals surface area contributed by atoms with Gasteiger partial charge in [0.2, 0.25) is 0 Å². The van der Waals surface area contributed by atoms with E-state index in [2.05, 4.69) is 12.1 Å². The van der Waals surface area contributed by atoms with Crippen molar-refractivity contribution < 1.29 is 20.3 Å². The predicted molar refractivity (Wildman–Crippen MR) is 96.0 cm³/mol. The highest BCUT2D eigenvalue weighted by Gasteiger charge is 2.31. The summed E-state index contributed by atoms with van der Waals surface area (Å²) >= 11 is 1.44. The van der Waals surface area contributed by atoms with Gasteiger partial charge < -0.3 is 20.3 Å². The lowest BCUT2D eigenvalue weighted by molar-refractivity contribution is -0.107. The third-order valence-electron chi connectivity index (χ3n) is 3.66. The van der Waals surface area contributed by atoms with Crippen LogP contribution in [0.4, 0.5) is 0 Å². The zero-order valence-electron chi connectivity index (χ0n) is 14.0. The molecule has 23 heavy (non-hydrogen) atoms. The first-order chi connectivity index (χ1) is 10.5. The van der Waals surface area contributed by atoms with Crippen molar-refractivity contribution in [2.45, 2.75) is 45.3 Å². The fraction of sp³-hybridized carbons (Fsp3) is 0.412. The van der Waals surface area contributed by atoms with Crippen LogP contribution >= 0.6 is 11.3 Å². The number of thiophene rings is 1. The summed E-state index contributed by atoms with van der Waals surface area (Å²) in [5, 5.41) is 36.1. The summed E-state index contributed by atoms with van der Waals surface area (Å²) in [7, 11) is -1.35. The zero-order valence-corrected chi connectivity index (χ0v) is 14.8. The summed E-state index contributed by atoms with van der Waals surface area (Å²) in [6.07, 6.45) is 0.845. The van der Waals surface area contributed by atoms with Crippen molar-refractivity contribution in [3.8, 4) is 0 Å². The molecule has 0 aliphatic heterocycles. The second kappa shape index (κ2) is 8.08. The van der Waals surface area contributed by atoms with E-state index in [1.54, 1.807) is 33.8 Å². The minimum atomic E-state index is -1.35. The van der Waals surface area contributed by atoms with Gasteiger partial charge in [0.05, 0.1) is 11.2 Å². The molecule has 126 valence electrons. The highest BCUT2D eigenvalue weighted by Crippen LogP contribution is 2.19. The van der Waals surface area contributed by atoms with E-state index in [0.717, 1.165) is 11.3 Å². The largest absolute Gasteiger partial charge is 0.499 e. The number of aliphatic hydroxyl groups is 2. The monoisotopic (exact) mass is 336 g/mol. The molecule has 0 amide bonds. The molecule has 0 aliphatic carbocycles. The molecule has 1 heterocycles. The fourth-order valence-electron chi connectivity index (χ4n) is 1.43. The molecular formula is C17H25BO4S. The first kappa shape index (κ1) is 19.9. The van der Waals surface area contributed by atoms with Crippen molar-refractivity contribution in [2.75, 3.05) is 0 Å². The fourth-order valence-corrected chi connectivity index (χ4v) is 2.34. The second-order valence-corrected chi connectivity index (χ2v) is 7.66. The molecule has 0 fully saturated rings. The Morgan fingerprint density at radius 2 is 1.39 bits per heavy atom. The first-order valence-corrected chi connectivity index (χ1v) is 8.26. The maximum absolute atomic E-state index is 9.10. The lowest BCUT2D eigenvalue weighted by Gasteiger charge is -2.31. The Morgan fingerprint density at radius 3 is 1.78 bits per heavy atom. The minimum absolute atomic E-state index is 0.598. The molecule has 0 bridgehead atoms. The summed E-state index contributed by atoms with van der Waals surface area (Å²) in [6.45, 7) is 6.31. The van der Waals surface area contributed by atoms with E-state index in [0.29, 0.717) is 4.78 Å². The molecule has 0 saturated carbocycles. The van der Waals surface area contributed by atoms with Gasteiger partial charge in [0.25, 0.3) is 0 Å². The van der Waals surface area contributed by atoms with Crippen LogP contribution in [0.5, 0.6) is 0 Å². The summed E-state index contributed by atoms with van der Waals surface area (Å²) in [5.41, 5.74) is -0.779. The van der Waals surface area contributed by atoms with E-state index in [1.807, 2.05) is 24.3 Å². The van der Waals surface area contributed by atoms with Gasteiger partial charge in [0.15, 0.2) is 0 Å². The lowest BCUT2D eigenvalue weighted by Crippen LogP contribution is -2.44. The average molecular weight is 336 g/mol. The first-order valence-electron chi connectivity index (χ1n) is 7.44. The third kappa shape index (κ3) is 6.85. The van der Waals surface area contributed by atoms with E-state index in [1.165, 1.54) is 16.9 Å². The number of hydrogen-bond donors (Lipinski definition) is 4. The molecule has 6 heteroatoms. The molecule has 1 aromatic heterocycles. The van der Waals surface area contributed by atoms with Crippen molar-refractivity contribution in [1.82, 2.24) is 0 Å². The molecule has 4 N–H and O–H groups in total. The van der Waals surface area contributed by atoms with Gasteiger partial charge in [0, 0.05) is 16.1 Å². The Morgan fingerprint density at radius 1 is 0.870 bits per heavy atom. The molecule has 0 radical (unpaired) electrons. The Labute approximate surface area is 142 Å². The molecule has 4 nitrogen and oxygen atoms in total. The maximum Gasteiger partial charge on any atom is 0.499 e. The van der Waals surface area contributed by atoms with Crippen LogP contribution in [0.25, 0.3) is 0 Å². The van der Waals surface area contributed by atoms with Gasteiger partial charge >= 0.3 is 7.12 Å². The quantitative estimate of drug-likeness (QED) is 0.639. The highest BCUT2D eigenvalue weighted by molar-refractivity contribution is 7.22. The number of rotatable bonds is 4. The van der Waals surface area contributed by atoms with Crippen LogP contribution in [0.15, 0.2) is 42.5 Å². The smallest absolute Gasteiger partial charge is 0.423 e. The van der Waals surface area contributed by atoms with Gasteiger partial charge in [-0.1, -0.05) is 36.4 Å². The second-order valence-electron chi connectivity index (χ2n) is 6.46.